The Morgan fingerprint density at radius 1 is 1.16 bits per heavy atom. The van der Waals surface area contributed by atoms with Crippen LogP contribution in [0.2, 0.25) is 0 Å². The van der Waals surface area contributed by atoms with Crippen molar-refractivity contribution in [2.75, 3.05) is 11.9 Å². The molecule has 166 valence electrons. The highest BCUT2D eigenvalue weighted by atomic mass is 32.2. The smallest absolute Gasteiger partial charge is 0.279 e. The number of hydrogen-bond donors (Lipinski definition) is 1. The normalized spacial score (nSPS) is 15.2. The van der Waals surface area contributed by atoms with Crippen LogP contribution in [0.3, 0.4) is 0 Å². The summed E-state index contributed by atoms with van der Waals surface area (Å²) in [4.78, 5) is 29.8. The van der Waals surface area contributed by atoms with E-state index >= 15 is 0 Å². The molecule has 1 unspecified atom stereocenters. The van der Waals surface area contributed by atoms with E-state index in [1.165, 1.54) is 23.9 Å². The van der Waals surface area contributed by atoms with Crippen LogP contribution in [0.5, 0.6) is 5.75 Å². The molecule has 6 nitrogen and oxygen atoms in total. The quantitative estimate of drug-likeness (QED) is 0.422. The Hall–Kier alpha value is -3.13. The zero-order valence-corrected chi connectivity index (χ0v) is 18.7. The maximum Gasteiger partial charge on any atom is 0.279 e. The molecule has 1 aliphatic heterocycles. The number of carbonyl (C=O) groups excluding carboxylic acids is 1. The van der Waals surface area contributed by atoms with Gasteiger partial charge in [0.15, 0.2) is 5.16 Å². The summed E-state index contributed by atoms with van der Waals surface area (Å²) < 4.78 is 20.5. The fourth-order valence-electron chi connectivity index (χ4n) is 3.69. The minimum absolute atomic E-state index is 0.149. The highest BCUT2D eigenvalue weighted by Crippen LogP contribution is 2.36. The molecule has 3 aromatic rings. The van der Waals surface area contributed by atoms with Gasteiger partial charge in [-0.25, -0.2) is 4.39 Å². The summed E-state index contributed by atoms with van der Waals surface area (Å²) in [6, 6.07) is 13.7. The molecule has 0 saturated carbocycles. The summed E-state index contributed by atoms with van der Waals surface area (Å²) in [5, 5.41) is 3.34. The first-order chi connectivity index (χ1) is 15.5. The van der Waals surface area contributed by atoms with E-state index in [1.54, 1.807) is 23.7 Å². The first kappa shape index (κ1) is 22.1. The summed E-state index contributed by atoms with van der Waals surface area (Å²) in [7, 11) is 1.78. The minimum Gasteiger partial charge on any atom is -0.494 e. The van der Waals surface area contributed by atoms with Gasteiger partial charge in [-0.3, -0.25) is 9.59 Å². The molecule has 8 heteroatoms. The minimum atomic E-state index is -0.374. The van der Waals surface area contributed by atoms with Crippen molar-refractivity contribution in [1.82, 2.24) is 9.55 Å². The molecule has 0 radical (unpaired) electrons. The number of aromatic nitrogens is 2. The number of nitrogens with one attached hydrogen (secondary N) is 1. The summed E-state index contributed by atoms with van der Waals surface area (Å²) in [5.74, 6) is 0.937. The first-order valence-corrected chi connectivity index (χ1v) is 11.5. The second-order valence-corrected chi connectivity index (χ2v) is 8.60. The Kier molecular flexibility index (Phi) is 6.60. The third-order valence-electron chi connectivity index (χ3n) is 5.34. The van der Waals surface area contributed by atoms with Gasteiger partial charge in [0.2, 0.25) is 5.91 Å². The van der Waals surface area contributed by atoms with Gasteiger partial charge in [-0.2, -0.15) is 4.98 Å². The molecule has 1 amide bonds. The van der Waals surface area contributed by atoms with Gasteiger partial charge in [0.05, 0.1) is 12.2 Å². The lowest BCUT2D eigenvalue weighted by Crippen LogP contribution is -2.33. The molecule has 0 bridgehead atoms. The van der Waals surface area contributed by atoms with Crippen molar-refractivity contribution in [2.45, 2.75) is 36.6 Å². The summed E-state index contributed by atoms with van der Waals surface area (Å²) in [6.45, 7) is 2.68. The number of amides is 1. The molecule has 2 aromatic carbocycles. The Morgan fingerprint density at radius 3 is 2.56 bits per heavy atom. The zero-order chi connectivity index (χ0) is 22.7. The van der Waals surface area contributed by atoms with E-state index < -0.39 is 0 Å². The molecular formula is C24H24FN3O3S. The summed E-state index contributed by atoms with van der Waals surface area (Å²) in [5.41, 5.74) is 1.92. The number of hydrogen-bond acceptors (Lipinski definition) is 5. The lowest BCUT2D eigenvalue weighted by Gasteiger charge is -2.27. The predicted molar refractivity (Wildman–Crippen MR) is 123 cm³/mol. The van der Waals surface area contributed by atoms with Gasteiger partial charge in [-0.05, 0) is 41.8 Å². The third-order valence-corrected chi connectivity index (χ3v) is 6.44. The van der Waals surface area contributed by atoms with Crippen molar-refractivity contribution < 1.29 is 13.9 Å². The van der Waals surface area contributed by atoms with Crippen molar-refractivity contribution in [1.29, 1.82) is 0 Å². The zero-order valence-electron chi connectivity index (χ0n) is 17.9. The number of fused-ring (bicyclic) bond motifs is 1. The fraction of sp³-hybridized carbons (Fsp3) is 0.292. The highest BCUT2D eigenvalue weighted by molar-refractivity contribution is 7.98. The average Bonchev–Trinajstić information content (AvgIpc) is 2.80. The van der Waals surface area contributed by atoms with Crippen molar-refractivity contribution >= 4 is 23.5 Å². The molecule has 32 heavy (non-hydrogen) atoms. The van der Waals surface area contributed by atoms with Crippen LogP contribution in [0.1, 0.15) is 42.4 Å². The van der Waals surface area contributed by atoms with Gasteiger partial charge >= 0.3 is 0 Å². The van der Waals surface area contributed by atoms with E-state index in [2.05, 4.69) is 10.3 Å². The van der Waals surface area contributed by atoms with Gasteiger partial charge in [0.1, 0.15) is 17.4 Å². The van der Waals surface area contributed by atoms with Crippen molar-refractivity contribution in [2.24, 2.45) is 7.05 Å². The van der Waals surface area contributed by atoms with E-state index in [-0.39, 0.29) is 29.6 Å². The molecular weight excluding hydrogens is 429 g/mol. The molecule has 1 atom stereocenters. The monoisotopic (exact) mass is 453 g/mol. The summed E-state index contributed by atoms with van der Waals surface area (Å²) >= 11 is 1.36. The Morgan fingerprint density at radius 2 is 1.88 bits per heavy atom. The molecule has 4 rings (SSSR count). The predicted octanol–water partition coefficient (Wildman–Crippen LogP) is 4.47. The standard InChI is InChI=1S/C24H24FN3O3S/c1-3-12-31-18-10-6-16(7-11-18)19-13-20(29)26-22-21(19)23(30)27-24(28(22)2)32-14-15-4-8-17(25)9-5-15/h4-11,19H,3,12-14H2,1-2H3,(H,26,29). The van der Waals surface area contributed by atoms with Crippen LogP contribution >= 0.6 is 11.8 Å². The SMILES string of the molecule is CCCOc1ccc(C2CC(=O)Nc3c2c(=O)nc(SCc2ccc(F)cc2)n3C)cc1. The number of rotatable bonds is 7. The van der Waals surface area contributed by atoms with Gasteiger partial charge < -0.3 is 14.6 Å². The maximum atomic E-state index is 13.1. The number of halogens is 1. The lowest BCUT2D eigenvalue weighted by atomic mass is 9.87. The van der Waals surface area contributed by atoms with E-state index in [9.17, 15) is 14.0 Å². The second-order valence-electron chi connectivity index (χ2n) is 7.66. The summed E-state index contributed by atoms with van der Waals surface area (Å²) in [6.07, 6.45) is 1.10. The molecule has 0 saturated heterocycles. The number of ether oxygens (including phenoxy) is 1. The topological polar surface area (TPSA) is 73.2 Å². The van der Waals surface area contributed by atoms with Crippen LogP contribution in [0.15, 0.2) is 58.5 Å². The van der Waals surface area contributed by atoms with E-state index in [0.29, 0.717) is 28.9 Å². The number of benzene rings is 2. The van der Waals surface area contributed by atoms with Crippen LogP contribution in [0, 0.1) is 5.82 Å². The number of carbonyl (C=O) groups is 1. The number of thioether (sulfide) groups is 1. The van der Waals surface area contributed by atoms with Gasteiger partial charge in [-0.15, -0.1) is 0 Å². The lowest BCUT2D eigenvalue weighted by molar-refractivity contribution is -0.116. The molecule has 0 spiro atoms. The van der Waals surface area contributed by atoms with Crippen LogP contribution < -0.4 is 15.6 Å². The molecule has 0 aliphatic carbocycles. The van der Waals surface area contributed by atoms with Crippen molar-refractivity contribution in [3.05, 3.63) is 81.4 Å². The van der Waals surface area contributed by atoms with Crippen LogP contribution in [0.4, 0.5) is 10.2 Å². The van der Waals surface area contributed by atoms with Crippen molar-refractivity contribution in [3.8, 4) is 5.75 Å². The molecule has 2 heterocycles. The van der Waals surface area contributed by atoms with Crippen LogP contribution in [-0.2, 0) is 17.6 Å². The largest absolute Gasteiger partial charge is 0.494 e. The van der Waals surface area contributed by atoms with Crippen LogP contribution in [-0.4, -0.2) is 22.1 Å². The third kappa shape index (κ3) is 4.70. The van der Waals surface area contributed by atoms with E-state index in [1.807, 2.05) is 31.2 Å². The fourth-order valence-corrected chi connectivity index (χ4v) is 4.61. The maximum absolute atomic E-state index is 13.1. The van der Waals surface area contributed by atoms with Crippen molar-refractivity contribution in [3.63, 3.8) is 0 Å². The highest BCUT2D eigenvalue weighted by Gasteiger charge is 2.32. The Labute approximate surface area is 189 Å². The molecule has 1 aromatic heterocycles. The average molecular weight is 454 g/mol. The Bertz CT molecular complexity index is 1180. The number of nitrogens with zero attached hydrogens (tertiary/aromatic N) is 2. The van der Waals surface area contributed by atoms with Crippen LogP contribution in [0.25, 0.3) is 0 Å². The van der Waals surface area contributed by atoms with Gasteiger partial charge in [0.25, 0.3) is 5.56 Å². The van der Waals surface area contributed by atoms with Gasteiger partial charge in [0, 0.05) is 25.1 Å². The van der Waals surface area contributed by atoms with Gasteiger partial charge in [-0.1, -0.05) is 43.0 Å². The first-order valence-electron chi connectivity index (χ1n) is 10.5. The molecule has 1 aliphatic rings. The molecule has 0 fully saturated rings. The molecule has 1 N–H and O–H groups in total. The second kappa shape index (κ2) is 9.56. The number of anilines is 1. The Balaban J connectivity index is 1.63. The van der Waals surface area contributed by atoms with E-state index in [0.717, 1.165) is 23.3 Å². The van der Waals surface area contributed by atoms with E-state index in [4.69, 9.17) is 4.74 Å².